The molecule has 0 aliphatic carbocycles. The number of carboxylic acids is 2. The average molecular weight is 229 g/mol. The van der Waals surface area contributed by atoms with E-state index >= 15 is 0 Å². The Balaban J connectivity index is 0.000000187. The van der Waals surface area contributed by atoms with E-state index in [9.17, 15) is 4.79 Å². The van der Waals surface area contributed by atoms with Gasteiger partial charge in [-0.3, -0.25) is 9.69 Å². The van der Waals surface area contributed by atoms with Gasteiger partial charge in [0.15, 0.2) is 5.78 Å². The van der Waals surface area contributed by atoms with E-state index in [2.05, 4.69) is 11.9 Å². The number of aliphatic carboxylic acids is 2. The standard InChI is InChI=1S/C8H13NO.C2H2O4/c1-9-6-3-2-4-7(9)8(10)5-6;3-1(4)2(5)6/h6-7H,2-5H2,1H3;(H,3,4)(H,5,6). The van der Waals surface area contributed by atoms with Crippen molar-refractivity contribution in [1.82, 2.24) is 4.90 Å². The van der Waals surface area contributed by atoms with E-state index in [1.807, 2.05) is 0 Å². The Kier molecular flexibility index (Phi) is 4.00. The lowest BCUT2D eigenvalue weighted by atomic mass is 10.0. The molecule has 2 atom stereocenters. The number of carboxylic acid groups (broad SMARTS) is 2. The van der Waals surface area contributed by atoms with Crippen molar-refractivity contribution in [1.29, 1.82) is 0 Å². The number of likely N-dealkylation sites (N-methyl/N-ethyl adjacent to an activating group) is 1. The maximum absolute atomic E-state index is 11.2. The first-order valence-electron chi connectivity index (χ1n) is 5.14. The van der Waals surface area contributed by atoms with E-state index in [4.69, 9.17) is 19.8 Å². The van der Waals surface area contributed by atoms with Crippen LogP contribution < -0.4 is 0 Å². The Bertz CT molecular complexity index is 302. The second kappa shape index (κ2) is 5.07. The summed E-state index contributed by atoms with van der Waals surface area (Å²) < 4.78 is 0. The molecule has 2 aliphatic rings. The number of fused-ring (bicyclic) bond motifs is 2. The first kappa shape index (κ1) is 12.6. The van der Waals surface area contributed by atoms with Gasteiger partial charge in [-0.15, -0.1) is 0 Å². The quantitative estimate of drug-likeness (QED) is 0.566. The van der Waals surface area contributed by atoms with Crippen LogP contribution in [0.2, 0.25) is 0 Å². The highest BCUT2D eigenvalue weighted by molar-refractivity contribution is 6.27. The molecular formula is C10H15NO5. The van der Waals surface area contributed by atoms with E-state index in [0.29, 0.717) is 17.9 Å². The fourth-order valence-electron chi connectivity index (χ4n) is 2.21. The van der Waals surface area contributed by atoms with Crippen molar-refractivity contribution in [3.63, 3.8) is 0 Å². The van der Waals surface area contributed by atoms with Gasteiger partial charge in [0.05, 0.1) is 6.04 Å². The molecule has 16 heavy (non-hydrogen) atoms. The molecule has 90 valence electrons. The zero-order valence-electron chi connectivity index (χ0n) is 9.05. The second-order valence-electron chi connectivity index (χ2n) is 4.05. The van der Waals surface area contributed by atoms with Crippen LogP contribution in [-0.4, -0.2) is 52.0 Å². The van der Waals surface area contributed by atoms with Crippen LogP contribution >= 0.6 is 0 Å². The molecule has 2 saturated heterocycles. The van der Waals surface area contributed by atoms with Crippen molar-refractivity contribution < 1.29 is 24.6 Å². The number of piperidine rings is 1. The molecule has 0 spiro atoms. The van der Waals surface area contributed by atoms with E-state index in [1.165, 1.54) is 12.8 Å². The third-order valence-electron chi connectivity index (χ3n) is 3.07. The lowest BCUT2D eigenvalue weighted by molar-refractivity contribution is -0.159. The molecule has 2 fully saturated rings. The van der Waals surface area contributed by atoms with Crippen LogP contribution in [0.1, 0.15) is 25.7 Å². The smallest absolute Gasteiger partial charge is 0.414 e. The minimum Gasteiger partial charge on any atom is -0.473 e. The lowest BCUT2D eigenvalue weighted by Crippen LogP contribution is -2.37. The van der Waals surface area contributed by atoms with Crippen molar-refractivity contribution in [2.75, 3.05) is 7.05 Å². The molecule has 0 aromatic heterocycles. The fourth-order valence-corrected chi connectivity index (χ4v) is 2.21. The van der Waals surface area contributed by atoms with Crippen LogP contribution in [-0.2, 0) is 14.4 Å². The molecule has 2 unspecified atom stereocenters. The highest BCUT2D eigenvalue weighted by Gasteiger charge is 2.39. The van der Waals surface area contributed by atoms with Gasteiger partial charge in [-0.25, -0.2) is 9.59 Å². The SMILES string of the molecule is CN1C2CCCC1C(=O)C2.O=C(O)C(=O)O. The predicted octanol–water partition coefficient (Wildman–Crippen LogP) is -0.0323. The monoisotopic (exact) mass is 229 g/mol. The van der Waals surface area contributed by atoms with E-state index < -0.39 is 11.9 Å². The lowest BCUT2D eigenvalue weighted by Gasteiger charge is -2.29. The van der Waals surface area contributed by atoms with Crippen molar-refractivity contribution in [3.05, 3.63) is 0 Å². The number of hydrogen-bond donors (Lipinski definition) is 2. The molecule has 6 nitrogen and oxygen atoms in total. The van der Waals surface area contributed by atoms with Crippen LogP contribution in [0.4, 0.5) is 0 Å². The zero-order valence-corrected chi connectivity index (χ0v) is 9.05. The number of nitrogens with zero attached hydrogens (tertiary/aromatic N) is 1. The first-order valence-corrected chi connectivity index (χ1v) is 5.14. The van der Waals surface area contributed by atoms with Crippen molar-refractivity contribution >= 4 is 17.7 Å². The van der Waals surface area contributed by atoms with E-state index in [0.717, 1.165) is 12.8 Å². The first-order chi connectivity index (χ1) is 7.43. The van der Waals surface area contributed by atoms with Crippen LogP contribution in [0.15, 0.2) is 0 Å². The van der Waals surface area contributed by atoms with Crippen molar-refractivity contribution in [2.24, 2.45) is 0 Å². The van der Waals surface area contributed by atoms with Gasteiger partial charge in [0.1, 0.15) is 0 Å². The van der Waals surface area contributed by atoms with Crippen molar-refractivity contribution in [2.45, 2.75) is 37.8 Å². The Morgan fingerprint density at radius 1 is 1.25 bits per heavy atom. The van der Waals surface area contributed by atoms with Crippen LogP contribution in [0.3, 0.4) is 0 Å². The molecule has 0 radical (unpaired) electrons. The Morgan fingerprint density at radius 3 is 2.19 bits per heavy atom. The molecule has 6 heteroatoms. The minimum absolute atomic E-state index is 0.291. The summed E-state index contributed by atoms with van der Waals surface area (Å²) >= 11 is 0. The summed E-state index contributed by atoms with van der Waals surface area (Å²) in [5, 5.41) is 14.8. The topological polar surface area (TPSA) is 94.9 Å². The molecule has 2 aliphatic heterocycles. The molecule has 2 bridgehead atoms. The Labute approximate surface area is 92.9 Å². The number of carbonyl (C=O) groups excluding carboxylic acids is 1. The molecule has 0 aromatic carbocycles. The number of ketones is 1. The fraction of sp³-hybridized carbons (Fsp3) is 0.700. The molecular weight excluding hydrogens is 214 g/mol. The molecule has 0 aromatic rings. The maximum Gasteiger partial charge on any atom is 0.414 e. The van der Waals surface area contributed by atoms with E-state index in [-0.39, 0.29) is 0 Å². The summed E-state index contributed by atoms with van der Waals surface area (Å²) in [5.74, 6) is -3.17. The minimum atomic E-state index is -1.82. The second-order valence-corrected chi connectivity index (χ2v) is 4.05. The van der Waals surface area contributed by atoms with Crippen LogP contribution in [0, 0.1) is 0 Å². The summed E-state index contributed by atoms with van der Waals surface area (Å²) in [7, 11) is 2.08. The van der Waals surface area contributed by atoms with Gasteiger partial charge in [0, 0.05) is 12.5 Å². The van der Waals surface area contributed by atoms with Gasteiger partial charge >= 0.3 is 11.9 Å². The van der Waals surface area contributed by atoms with Gasteiger partial charge in [0.25, 0.3) is 0 Å². The largest absolute Gasteiger partial charge is 0.473 e. The van der Waals surface area contributed by atoms with Crippen LogP contribution in [0.25, 0.3) is 0 Å². The van der Waals surface area contributed by atoms with Gasteiger partial charge in [-0.1, -0.05) is 0 Å². The molecule has 0 saturated carbocycles. The Morgan fingerprint density at radius 2 is 1.81 bits per heavy atom. The highest BCUT2D eigenvalue weighted by atomic mass is 16.4. The average Bonchev–Trinajstić information content (AvgIpc) is 2.39. The summed E-state index contributed by atoms with van der Waals surface area (Å²) in [6, 6.07) is 0.880. The van der Waals surface area contributed by atoms with Gasteiger partial charge in [0.2, 0.25) is 0 Å². The maximum atomic E-state index is 11.2. The Hall–Kier alpha value is -1.43. The van der Waals surface area contributed by atoms with Crippen molar-refractivity contribution in [3.8, 4) is 0 Å². The van der Waals surface area contributed by atoms with Crippen LogP contribution in [0.5, 0.6) is 0 Å². The summed E-state index contributed by atoms with van der Waals surface area (Å²) in [5.41, 5.74) is 0. The number of hydrogen-bond acceptors (Lipinski definition) is 4. The summed E-state index contributed by atoms with van der Waals surface area (Å²) in [4.78, 5) is 31.7. The summed E-state index contributed by atoms with van der Waals surface area (Å²) in [6.07, 6.45) is 4.41. The zero-order chi connectivity index (χ0) is 12.3. The van der Waals surface area contributed by atoms with Gasteiger partial charge in [-0.2, -0.15) is 0 Å². The number of rotatable bonds is 0. The molecule has 2 N–H and O–H groups in total. The number of carbonyl (C=O) groups is 3. The summed E-state index contributed by atoms with van der Waals surface area (Å²) in [6.45, 7) is 0. The normalized spacial score (nSPS) is 28.2. The van der Waals surface area contributed by atoms with Gasteiger partial charge < -0.3 is 10.2 Å². The molecule has 0 amide bonds. The number of Topliss-reactive ketones (excluding diaryl/α,β-unsaturated/α-hetero) is 1. The predicted molar refractivity (Wildman–Crippen MR) is 54.1 cm³/mol. The molecule has 2 rings (SSSR count). The molecule has 2 heterocycles. The highest BCUT2D eigenvalue weighted by Crippen LogP contribution is 2.31. The third kappa shape index (κ3) is 2.79. The van der Waals surface area contributed by atoms with E-state index in [1.54, 1.807) is 0 Å². The van der Waals surface area contributed by atoms with Gasteiger partial charge in [-0.05, 0) is 26.3 Å². The third-order valence-corrected chi connectivity index (χ3v) is 3.07.